The van der Waals surface area contributed by atoms with Crippen LogP contribution in [-0.2, 0) is 15.0 Å². The predicted molar refractivity (Wildman–Crippen MR) is 121 cm³/mol. The molecule has 1 saturated heterocycles. The Morgan fingerprint density at radius 2 is 1.52 bits per heavy atom. The minimum absolute atomic E-state index is 0.188. The number of carbonyl (C=O) groups is 2. The van der Waals surface area contributed by atoms with Crippen molar-refractivity contribution in [2.45, 2.75) is 24.4 Å². The molecular formula is C26H20BrNO3. The number of aliphatic hydroxyl groups is 1. The molecule has 3 aliphatic carbocycles. The van der Waals surface area contributed by atoms with Gasteiger partial charge in [-0.05, 0) is 47.4 Å². The van der Waals surface area contributed by atoms with Crippen LogP contribution in [0.25, 0.3) is 0 Å². The summed E-state index contributed by atoms with van der Waals surface area (Å²) in [5.41, 5.74) is 3.62. The van der Waals surface area contributed by atoms with Gasteiger partial charge in [0.1, 0.15) is 0 Å². The Morgan fingerprint density at radius 3 is 2.10 bits per heavy atom. The highest BCUT2D eigenvalue weighted by atomic mass is 79.9. The Labute approximate surface area is 188 Å². The van der Waals surface area contributed by atoms with Crippen molar-refractivity contribution < 1.29 is 14.7 Å². The molecule has 0 saturated carbocycles. The number of benzene rings is 3. The molecule has 3 aromatic rings. The summed E-state index contributed by atoms with van der Waals surface area (Å²) in [6.07, 6.45) is -0.845. The van der Waals surface area contributed by atoms with Gasteiger partial charge < -0.3 is 5.11 Å². The predicted octanol–water partition coefficient (Wildman–Crippen LogP) is 4.38. The van der Waals surface area contributed by atoms with Crippen molar-refractivity contribution >= 4 is 33.4 Å². The van der Waals surface area contributed by atoms with Crippen molar-refractivity contribution in [2.75, 3.05) is 4.90 Å². The Hall–Kier alpha value is -2.76. The summed E-state index contributed by atoms with van der Waals surface area (Å²) in [5, 5.41) is 11.3. The summed E-state index contributed by atoms with van der Waals surface area (Å²) < 4.78 is 0.806. The summed E-state index contributed by atoms with van der Waals surface area (Å²) in [5.74, 6) is -1.80. The maximum atomic E-state index is 14.0. The average Bonchev–Trinajstić information content (AvgIpc) is 3.04. The highest BCUT2D eigenvalue weighted by Gasteiger charge is 2.69. The van der Waals surface area contributed by atoms with Crippen LogP contribution < -0.4 is 4.90 Å². The zero-order valence-corrected chi connectivity index (χ0v) is 18.4. The fourth-order valence-electron chi connectivity index (χ4n) is 6.41. The van der Waals surface area contributed by atoms with Crippen molar-refractivity contribution in [3.8, 4) is 0 Å². The molecule has 1 heterocycles. The quantitative estimate of drug-likeness (QED) is 0.561. The van der Waals surface area contributed by atoms with Crippen molar-refractivity contribution in [3.05, 3.63) is 99.5 Å². The first kappa shape index (κ1) is 19.0. The maximum Gasteiger partial charge on any atom is 0.239 e. The summed E-state index contributed by atoms with van der Waals surface area (Å²) in [6.45, 7) is 1.75. The lowest BCUT2D eigenvalue weighted by Crippen LogP contribution is -2.58. The van der Waals surface area contributed by atoms with E-state index in [9.17, 15) is 14.7 Å². The molecule has 1 aliphatic heterocycles. The molecule has 1 N–H and O–H groups in total. The van der Waals surface area contributed by atoms with Gasteiger partial charge in [0, 0.05) is 10.4 Å². The van der Waals surface area contributed by atoms with Crippen LogP contribution in [0.1, 0.15) is 35.1 Å². The van der Waals surface area contributed by atoms with Gasteiger partial charge in [0.25, 0.3) is 0 Å². The molecule has 4 aliphatic rings. The molecule has 3 atom stereocenters. The molecule has 2 amide bonds. The van der Waals surface area contributed by atoms with E-state index < -0.39 is 23.4 Å². The number of hydrogen-bond donors (Lipinski definition) is 1. The highest BCUT2D eigenvalue weighted by Crippen LogP contribution is 2.65. The second kappa shape index (κ2) is 6.38. The molecule has 3 unspecified atom stereocenters. The number of imide groups is 1. The molecule has 0 radical (unpaired) electrons. The van der Waals surface area contributed by atoms with E-state index in [1.54, 1.807) is 19.1 Å². The monoisotopic (exact) mass is 473 g/mol. The molecule has 4 nitrogen and oxygen atoms in total. The van der Waals surface area contributed by atoms with Crippen molar-refractivity contribution in [1.82, 2.24) is 0 Å². The van der Waals surface area contributed by atoms with E-state index >= 15 is 0 Å². The Kier molecular flexibility index (Phi) is 3.90. The average molecular weight is 474 g/mol. The van der Waals surface area contributed by atoms with Crippen molar-refractivity contribution in [1.29, 1.82) is 0 Å². The van der Waals surface area contributed by atoms with Gasteiger partial charge >= 0.3 is 0 Å². The second-order valence-corrected chi connectivity index (χ2v) is 9.61. The lowest BCUT2D eigenvalue weighted by atomic mass is 9.46. The molecule has 2 bridgehead atoms. The van der Waals surface area contributed by atoms with Crippen LogP contribution in [0.5, 0.6) is 0 Å². The number of carbonyl (C=O) groups excluding carboxylic acids is 2. The fourth-order valence-corrected chi connectivity index (χ4v) is 6.80. The van der Waals surface area contributed by atoms with E-state index in [0.717, 1.165) is 26.7 Å². The Morgan fingerprint density at radius 1 is 0.903 bits per heavy atom. The van der Waals surface area contributed by atoms with Gasteiger partial charge in [-0.1, -0.05) is 70.5 Å². The SMILES string of the molecule is CC(O)C12c3ccccc3C(c3ccccc31)C1C(=O)N(c3cccc(Br)c3)C(=O)C12. The van der Waals surface area contributed by atoms with Crippen LogP contribution in [0.3, 0.4) is 0 Å². The fraction of sp³-hybridized carbons (Fsp3) is 0.231. The van der Waals surface area contributed by atoms with Gasteiger partial charge in [0.05, 0.1) is 29.0 Å². The largest absolute Gasteiger partial charge is 0.392 e. The first-order valence-electron chi connectivity index (χ1n) is 10.5. The lowest BCUT2D eigenvalue weighted by molar-refractivity contribution is -0.126. The highest BCUT2D eigenvalue weighted by molar-refractivity contribution is 9.10. The van der Waals surface area contributed by atoms with Gasteiger partial charge in [-0.2, -0.15) is 0 Å². The van der Waals surface area contributed by atoms with Crippen LogP contribution in [0.2, 0.25) is 0 Å². The maximum absolute atomic E-state index is 14.0. The van der Waals surface area contributed by atoms with Gasteiger partial charge in [-0.3, -0.25) is 9.59 Å². The van der Waals surface area contributed by atoms with Crippen LogP contribution in [0.15, 0.2) is 77.3 Å². The molecule has 7 rings (SSSR count). The van der Waals surface area contributed by atoms with Crippen LogP contribution >= 0.6 is 15.9 Å². The minimum atomic E-state index is -0.958. The summed E-state index contributed by atoms with van der Waals surface area (Å²) in [6, 6.07) is 23.2. The molecular weight excluding hydrogens is 454 g/mol. The van der Waals surface area contributed by atoms with Crippen molar-refractivity contribution in [2.24, 2.45) is 11.8 Å². The number of halogens is 1. The van der Waals surface area contributed by atoms with Crippen molar-refractivity contribution in [3.63, 3.8) is 0 Å². The van der Waals surface area contributed by atoms with Gasteiger partial charge in [0.15, 0.2) is 0 Å². The smallest absolute Gasteiger partial charge is 0.239 e. The Bertz CT molecular complexity index is 1220. The molecule has 0 spiro atoms. The number of amides is 2. The number of aliphatic hydroxyl groups excluding tert-OH is 1. The van der Waals surface area contributed by atoms with Crippen LogP contribution in [-0.4, -0.2) is 23.0 Å². The van der Waals surface area contributed by atoms with Crippen LogP contribution in [0, 0.1) is 11.8 Å². The molecule has 154 valence electrons. The normalized spacial score (nSPS) is 28.9. The number of hydrogen-bond acceptors (Lipinski definition) is 3. The zero-order valence-electron chi connectivity index (χ0n) is 16.8. The van der Waals surface area contributed by atoms with E-state index in [-0.39, 0.29) is 17.7 Å². The molecule has 5 heteroatoms. The molecule has 3 aromatic carbocycles. The van der Waals surface area contributed by atoms with E-state index in [4.69, 9.17) is 0 Å². The third kappa shape index (κ3) is 2.18. The number of nitrogens with zero attached hydrogens (tertiary/aromatic N) is 1. The molecule has 1 fully saturated rings. The second-order valence-electron chi connectivity index (χ2n) is 8.69. The first-order valence-corrected chi connectivity index (χ1v) is 11.3. The summed E-state index contributed by atoms with van der Waals surface area (Å²) >= 11 is 3.45. The van der Waals surface area contributed by atoms with Gasteiger partial charge in [-0.25, -0.2) is 4.90 Å². The topological polar surface area (TPSA) is 57.6 Å². The van der Waals surface area contributed by atoms with Crippen LogP contribution in [0.4, 0.5) is 5.69 Å². The van der Waals surface area contributed by atoms with E-state index in [1.165, 1.54) is 4.90 Å². The van der Waals surface area contributed by atoms with Gasteiger partial charge in [0.2, 0.25) is 11.8 Å². The third-order valence-corrected chi connectivity index (χ3v) is 7.90. The van der Waals surface area contributed by atoms with E-state index in [1.807, 2.05) is 60.7 Å². The lowest BCUT2D eigenvalue weighted by Gasteiger charge is -2.55. The number of rotatable bonds is 2. The summed E-state index contributed by atoms with van der Waals surface area (Å²) in [7, 11) is 0. The standard InChI is InChI=1S/C26H20BrNO3/c1-14(29)26-19-11-4-2-9-17(19)21(18-10-3-5-12-20(18)26)22-23(26)25(31)28(24(22)30)16-8-6-7-15(27)13-16/h2-14,21-23,29H,1H3. The number of anilines is 1. The first-order chi connectivity index (χ1) is 15.0. The zero-order chi connectivity index (χ0) is 21.5. The molecule has 31 heavy (non-hydrogen) atoms. The molecule has 0 aromatic heterocycles. The summed E-state index contributed by atoms with van der Waals surface area (Å²) in [4.78, 5) is 29.1. The van der Waals surface area contributed by atoms with E-state index in [2.05, 4.69) is 15.9 Å². The Balaban J connectivity index is 1.67. The third-order valence-electron chi connectivity index (χ3n) is 7.41. The van der Waals surface area contributed by atoms with Gasteiger partial charge in [-0.15, -0.1) is 0 Å². The van der Waals surface area contributed by atoms with E-state index in [0.29, 0.717) is 5.69 Å². The minimum Gasteiger partial charge on any atom is -0.392 e.